The van der Waals surface area contributed by atoms with Gasteiger partial charge in [-0.3, -0.25) is 0 Å². The zero-order valence-electron chi connectivity index (χ0n) is 16.2. The highest BCUT2D eigenvalue weighted by Crippen LogP contribution is 2.35. The molecule has 0 saturated heterocycles. The van der Waals surface area contributed by atoms with Gasteiger partial charge in [0.15, 0.2) is 0 Å². The van der Waals surface area contributed by atoms with E-state index in [9.17, 15) is 0 Å². The topological polar surface area (TPSA) is 0 Å². The van der Waals surface area contributed by atoms with Crippen LogP contribution in [0.25, 0.3) is 0 Å². The van der Waals surface area contributed by atoms with Gasteiger partial charge in [-0.1, -0.05) is 118 Å². The van der Waals surface area contributed by atoms with Crippen molar-refractivity contribution < 1.29 is 0 Å². The van der Waals surface area contributed by atoms with Crippen molar-refractivity contribution in [1.82, 2.24) is 0 Å². The van der Waals surface area contributed by atoms with Gasteiger partial charge in [0.05, 0.1) is 0 Å². The third kappa shape index (κ3) is 8.59. The van der Waals surface area contributed by atoms with Crippen LogP contribution in [0.4, 0.5) is 0 Å². The van der Waals surface area contributed by atoms with E-state index in [0.717, 1.165) is 23.7 Å². The lowest BCUT2D eigenvalue weighted by Crippen LogP contribution is -2.17. The lowest BCUT2D eigenvalue weighted by molar-refractivity contribution is 0.226. The van der Waals surface area contributed by atoms with Crippen molar-refractivity contribution in [2.24, 2.45) is 23.7 Å². The molecular formula is C22H44. The van der Waals surface area contributed by atoms with E-state index in [1.807, 2.05) is 0 Å². The molecule has 0 aromatic carbocycles. The third-order valence-corrected chi connectivity index (χ3v) is 6.60. The van der Waals surface area contributed by atoms with E-state index in [-0.39, 0.29) is 0 Å². The summed E-state index contributed by atoms with van der Waals surface area (Å²) in [7, 11) is 0. The molecule has 2 aliphatic rings. The fraction of sp³-hybridized carbons (Fsp3) is 1.00. The Morgan fingerprint density at radius 1 is 0.727 bits per heavy atom. The predicted molar refractivity (Wildman–Crippen MR) is 101 cm³/mol. The summed E-state index contributed by atoms with van der Waals surface area (Å²) in [6.45, 7) is 9.27. The largest absolute Gasteiger partial charge is 0.0651 e. The lowest BCUT2D eigenvalue weighted by atomic mass is 9.76. The Kier molecular flexibility index (Phi) is 11.3. The highest BCUT2D eigenvalue weighted by molar-refractivity contribution is 4.73. The first-order chi connectivity index (χ1) is 10.7. The molecule has 132 valence electrons. The summed E-state index contributed by atoms with van der Waals surface area (Å²) >= 11 is 0. The van der Waals surface area contributed by atoms with Crippen LogP contribution in [0, 0.1) is 23.7 Å². The zero-order valence-corrected chi connectivity index (χ0v) is 16.2. The van der Waals surface area contributed by atoms with E-state index < -0.39 is 0 Å². The second-order valence-electron chi connectivity index (χ2n) is 8.38. The van der Waals surface area contributed by atoms with E-state index in [1.165, 1.54) is 89.9 Å². The Morgan fingerprint density at radius 2 is 1.23 bits per heavy atom. The quantitative estimate of drug-likeness (QED) is 0.466. The summed E-state index contributed by atoms with van der Waals surface area (Å²) in [4.78, 5) is 0. The average molecular weight is 309 g/mol. The SMILES string of the molecule is CC(CCC1CCCCC1)C1CCCCC1.CCC(C)CC. The van der Waals surface area contributed by atoms with Crippen LogP contribution in [-0.2, 0) is 0 Å². The molecule has 1 unspecified atom stereocenters. The predicted octanol–water partition coefficient (Wildman–Crippen LogP) is 8.01. The van der Waals surface area contributed by atoms with Gasteiger partial charge < -0.3 is 0 Å². The van der Waals surface area contributed by atoms with E-state index in [0.29, 0.717) is 0 Å². The van der Waals surface area contributed by atoms with E-state index >= 15 is 0 Å². The second kappa shape index (κ2) is 12.4. The van der Waals surface area contributed by atoms with Crippen molar-refractivity contribution in [1.29, 1.82) is 0 Å². The monoisotopic (exact) mass is 308 g/mol. The molecule has 0 heteroatoms. The van der Waals surface area contributed by atoms with Gasteiger partial charge in [0, 0.05) is 0 Å². The van der Waals surface area contributed by atoms with Gasteiger partial charge in [-0.2, -0.15) is 0 Å². The van der Waals surface area contributed by atoms with Gasteiger partial charge in [-0.15, -0.1) is 0 Å². The average Bonchev–Trinajstić information content (AvgIpc) is 2.61. The minimum atomic E-state index is 0.935. The summed E-state index contributed by atoms with van der Waals surface area (Å²) in [6.07, 6.45) is 20.9. The number of hydrogen-bond acceptors (Lipinski definition) is 0. The van der Waals surface area contributed by atoms with Crippen LogP contribution in [0.2, 0.25) is 0 Å². The molecule has 0 bridgehead atoms. The van der Waals surface area contributed by atoms with Gasteiger partial charge >= 0.3 is 0 Å². The number of rotatable bonds is 6. The van der Waals surface area contributed by atoms with Crippen LogP contribution in [0.1, 0.15) is 118 Å². The first kappa shape index (κ1) is 20.0. The summed E-state index contributed by atoms with van der Waals surface area (Å²) in [5, 5.41) is 0. The highest BCUT2D eigenvalue weighted by atomic mass is 14.3. The van der Waals surface area contributed by atoms with Crippen molar-refractivity contribution in [3.63, 3.8) is 0 Å². The molecule has 0 N–H and O–H groups in total. The first-order valence-electron chi connectivity index (χ1n) is 10.7. The standard InChI is InChI=1S/C16H30.C6H14/c1-14(16-10-6-3-7-11-16)12-13-15-8-4-2-5-9-15;1-4-6(3)5-2/h14-16H,2-13H2,1H3;6H,4-5H2,1-3H3. The second-order valence-corrected chi connectivity index (χ2v) is 8.38. The van der Waals surface area contributed by atoms with Crippen LogP contribution < -0.4 is 0 Å². The molecule has 0 aromatic rings. The van der Waals surface area contributed by atoms with E-state index in [4.69, 9.17) is 0 Å². The number of hydrogen-bond donors (Lipinski definition) is 0. The summed E-state index contributed by atoms with van der Waals surface area (Å²) in [6, 6.07) is 0. The maximum atomic E-state index is 2.53. The molecular weight excluding hydrogens is 264 g/mol. The molecule has 0 aliphatic heterocycles. The fourth-order valence-corrected chi connectivity index (χ4v) is 4.20. The molecule has 2 fully saturated rings. The molecule has 0 radical (unpaired) electrons. The summed E-state index contributed by atoms with van der Waals surface area (Å²) < 4.78 is 0. The van der Waals surface area contributed by atoms with Crippen LogP contribution >= 0.6 is 0 Å². The smallest absolute Gasteiger partial charge is 0.0388 e. The molecule has 0 aromatic heterocycles. The third-order valence-electron chi connectivity index (χ3n) is 6.60. The van der Waals surface area contributed by atoms with E-state index in [1.54, 1.807) is 0 Å². The zero-order chi connectivity index (χ0) is 16.2. The lowest BCUT2D eigenvalue weighted by Gasteiger charge is -2.29. The van der Waals surface area contributed by atoms with Gasteiger partial charge in [-0.05, 0) is 23.7 Å². The van der Waals surface area contributed by atoms with Gasteiger partial charge in [0.1, 0.15) is 0 Å². The molecule has 0 nitrogen and oxygen atoms in total. The molecule has 2 saturated carbocycles. The van der Waals surface area contributed by atoms with Crippen LogP contribution in [0.5, 0.6) is 0 Å². The summed E-state index contributed by atoms with van der Waals surface area (Å²) in [5.74, 6) is 4.13. The minimum Gasteiger partial charge on any atom is -0.0651 e. The summed E-state index contributed by atoms with van der Waals surface area (Å²) in [5.41, 5.74) is 0. The highest BCUT2D eigenvalue weighted by Gasteiger charge is 2.21. The van der Waals surface area contributed by atoms with Crippen LogP contribution in [0.15, 0.2) is 0 Å². The van der Waals surface area contributed by atoms with Crippen molar-refractivity contribution >= 4 is 0 Å². The molecule has 0 spiro atoms. The van der Waals surface area contributed by atoms with E-state index in [2.05, 4.69) is 27.7 Å². The van der Waals surface area contributed by atoms with Gasteiger partial charge in [0.25, 0.3) is 0 Å². The maximum Gasteiger partial charge on any atom is -0.0388 e. The minimum absolute atomic E-state index is 0.935. The Bertz CT molecular complexity index is 228. The van der Waals surface area contributed by atoms with Crippen molar-refractivity contribution in [3.8, 4) is 0 Å². The molecule has 22 heavy (non-hydrogen) atoms. The fourth-order valence-electron chi connectivity index (χ4n) is 4.20. The van der Waals surface area contributed by atoms with Crippen LogP contribution in [0.3, 0.4) is 0 Å². The van der Waals surface area contributed by atoms with Gasteiger partial charge in [-0.25, -0.2) is 0 Å². The Balaban J connectivity index is 0.000000346. The first-order valence-corrected chi connectivity index (χ1v) is 10.7. The van der Waals surface area contributed by atoms with Crippen molar-refractivity contribution in [2.45, 2.75) is 118 Å². The van der Waals surface area contributed by atoms with Crippen molar-refractivity contribution in [3.05, 3.63) is 0 Å². The Morgan fingerprint density at radius 3 is 1.68 bits per heavy atom. The van der Waals surface area contributed by atoms with Gasteiger partial charge in [0.2, 0.25) is 0 Å². The molecule has 1 atom stereocenters. The molecule has 2 aliphatic carbocycles. The van der Waals surface area contributed by atoms with Crippen molar-refractivity contribution in [2.75, 3.05) is 0 Å². The van der Waals surface area contributed by atoms with Crippen LogP contribution in [-0.4, -0.2) is 0 Å². The Labute approximate surface area is 141 Å². The normalized spacial score (nSPS) is 22.2. The Hall–Kier alpha value is 0. The maximum absolute atomic E-state index is 2.53. The molecule has 2 rings (SSSR count). The molecule has 0 amide bonds. The molecule has 0 heterocycles.